The number of carbonyl (C=O) groups is 1. The standard InChI is InChI=1S/C19H13N3O2.C2HF3O2/c1-2-6-16(7-3-1)23-17-10-8-14(9-11-17)18-21-22-19(24-18)15-5-4-12-20-13-15;3-2(4,5)1(6)7/h1-13H;(H,6,7). The summed E-state index contributed by atoms with van der Waals surface area (Å²) in [6.45, 7) is 0. The zero-order valence-corrected chi connectivity index (χ0v) is 15.7. The van der Waals surface area contributed by atoms with E-state index in [1.165, 1.54) is 0 Å². The number of aromatic nitrogens is 3. The summed E-state index contributed by atoms with van der Waals surface area (Å²) in [5.74, 6) is -0.311. The molecule has 0 fully saturated rings. The van der Waals surface area contributed by atoms with E-state index in [0.717, 1.165) is 22.6 Å². The van der Waals surface area contributed by atoms with Gasteiger partial charge in [0, 0.05) is 18.0 Å². The third kappa shape index (κ3) is 6.13. The molecular formula is C21H14F3N3O4. The number of carboxylic acids is 1. The first kappa shape index (κ1) is 21.5. The van der Waals surface area contributed by atoms with Crippen LogP contribution in [0, 0.1) is 0 Å². The maximum atomic E-state index is 10.6. The molecule has 0 saturated carbocycles. The van der Waals surface area contributed by atoms with Crippen molar-refractivity contribution in [2.75, 3.05) is 0 Å². The van der Waals surface area contributed by atoms with E-state index >= 15 is 0 Å². The molecule has 4 aromatic rings. The molecule has 0 aliphatic heterocycles. The highest BCUT2D eigenvalue weighted by Gasteiger charge is 2.38. The first-order valence-corrected chi connectivity index (χ1v) is 8.70. The number of aliphatic carboxylic acids is 1. The average molecular weight is 429 g/mol. The van der Waals surface area contributed by atoms with Crippen molar-refractivity contribution in [2.24, 2.45) is 0 Å². The molecular weight excluding hydrogens is 415 g/mol. The zero-order chi connectivity index (χ0) is 22.3. The highest BCUT2D eigenvalue weighted by molar-refractivity contribution is 5.73. The van der Waals surface area contributed by atoms with Gasteiger partial charge in [-0.25, -0.2) is 4.79 Å². The highest BCUT2D eigenvalue weighted by atomic mass is 19.4. The Morgan fingerprint density at radius 2 is 1.42 bits per heavy atom. The SMILES string of the molecule is O=C(O)C(F)(F)F.c1ccc(Oc2ccc(-c3nnc(-c4cccnc4)o3)cc2)cc1. The smallest absolute Gasteiger partial charge is 0.475 e. The van der Waals surface area contributed by atoms with Crippen LogP contribution < -0.4 is 4.74 Å². The molecule has 2 aromatic carbocycles. The number of hydrogen-bond donors (Lipinski definition) is 1. The van der Waals surface area contributed by atoms with Crippen LogP contribution >= 0.6 is 0 Å². The largest absolute Gasteiger partial charge is 0.490 e. The molecule has 0 spiro atoms. The van der Waals surface area contributed by atoms with E-state index in [1.54, 1.807) is 12.4 Å². The van der Waals surface area contributed by atoms with Gasteiger partial charge in [-0.05, 0) is 48.5 Å². The number of carboxylic acid groups (broad SMARTS) is 1. The Labute approximate surface area is 173 Å². The monoisotopic (exact) mass is 429 g/mol. The summed E-state index contributed by atoms with van der Waals surface area (Å²) in [5, 5.41) is 15.3. The number of ether oxygens (including phenoxy) is 1. The summed E-state index contributed by atoms with van der Waals surface area (Å²) in [5.41, 5.74) is 1.62. The van der Waals surface area contributed by atoms with E-state index in [0.29, 0.717) is 11.8 Å². The van der Waals surface area contributed by atoms with Gasteiger partial charge in [-0.2, -0.15) is 13.2 Å². The van der Waals surface area contributed by atoms with Crippen molar-refractivity contribution >= 4 is 5.97 Å². The maximum absolute atomic E-state index is 10.6. The van der Waals surface area contributed by atoms with Gasteiger partial charge in [0.1, 0.15) is 11.5 Å². The fourth-order valence-corrected chi connectivity index (χ4v) is 2.24. The van der Waals surface area contributed by atoms with Gasteiger partial charge >= 0.3 is 12.1 Å². The lowest BCUT2D eigenvalue weighted by Gasteiger charge is -2.05. The number of benzene rings is 2. The van der Waals surface area contributed by atoms with Crippen LogP contribution in [0.25, 0.3) is 22.9 Å². The summed E-state index contributed by atoms with van der Waals surface area (Å²) in [7, 11) is 0. The molecule has 0 amide bonds. The second-order valence-corrected chi connectivity index (χ2v) is 5.90. The number of halogens is 3. The third-order valence-corrected chi connectivity index (χ3v) is 3.66. The van der Waals surface area contributed by atoms with Crippen LogP contribution in [0.5, 0.6) is 11.5 Å². The van der Waals surface area contributed by atoms with Crippen molar-refractivity contribution in [3.8, 4) is 34.4 Å². The second-order valence-electron chi connectivity index (χ2n) is 5.90. The molecule has 0 atom stereocenters. The molecule has 10 heteroatoms. The molecule has 0 aliphatic rings. The van der Waals surface area contributed by atoms with Gasteiger partial charge in [-0.15, -0.1) is 10.2 Å². The van der Waals surface area contributed by atoms with Gasteiger partial charge in [-0.1, -0.05) is 18.2 Å². The summed E-state index contributed by atoms with van der Waals surface area (Å²) in [4.78, 5) is 12.9. The Balaban J connectivity index is 0.000000339. The lowest BCUT2D eigenvalue weighted by Crippen LogP contribution is -2.21. The maximum Gasteiger partial charge on any atom is 0.490 e. The zero-order valence-electron chi connectivity index (χ0n) is 15.7. The van der Waals surface area contributed by atoms with Gasteiger partial charge in [0.05, 0.1) is 5.56 Å². The van der Waals surface area contributed by atoms with E-state index in [1.807, 2.05) is 66.7 Å². The molecule has 0 aliphatic carbocycles. The fourth-order valence-electron chi connectivity index (χ4n) is 2.24. The van der Waals surface area contributed by atoms with Crippen LogP contribution in [0.2, 0.25) is 0 Å². The molecule has 0 saturated heterocycles. The second kappa shape index (κ2) is 9.53. The lowest BCUT2D eigenvalue weighted by atomic mass is 10.2. The molecule has 0 bridgehead atoms. The number of para-hydroxylation sites is 1. The van der Waals surface area contributed by atoms with E-state index < -0.39 is 12.1 Å². The highest BCUT2D eigenvalue weighted by Crippen LogP contribution is 2.27. The Bertz CT molecular complexity index is 1120. The Hall–Kier alpha value is -4.21. The first-order chi connectivity index (χ1) is 14.8. The number of hydrogen-bond acceptors (Lipinski definition) is 6. The van der Waals surface area contributed by atoms with Crippen LogP contribution in [-0.4, -0.2) is 32.4 Å². The van der Waals surface area contributed by atoms with Crippen molar-refractivity contribution in [3.63, 3.8) is 0 Å². The molecule has 1 N–H and O–H groups in total. The molecule has 2 aromatic heterocycles. The topological polar surface area (TPSA) is 98.3 Å². The average Bonchev–Trinajstić information content (AvgIpc) is 3.26. The van der Waals surface area contributed by atoms with Gasteiger partial charge in [-0.3, -0.25) is 4.98 Å². The minimum absolute atomic E-state index is 0.447. The van der Waals surface area contributed by atoms with Crippen LogP contribution in [0.4, 0.5) is 13.2 Å². The quantitative estimate of drug-likeness (QED) is 0.475. The third-order valence-electron chi connectivity index (χ3n) is 3.66. The van der Waals surface area contributed by atoms with Gasteiger partial charge < -0.3 is 14.3 Å². The predicted molar refractivity (Wildman–Crippen MR) is 103 cm³/mol. The summed E-state index contributed by atoms with van der Waals surface area (Å²) >= 11 is 0. The molecule has 158 valence electrons. The predicted octanol–water partition coefficient (Wildman–Crippen LogP) is 5.22. The van der Waals surface area contributed by atoms with Crippen molar-refractivity contribution in [1.29, 1.82) is 0 Å². The van der Waals surface area contributed by atoms with Crippen molar-refractivity contribution in [1.82, 2.24) is 15.2 Å². The van der Waals surface area contributed by atoms with E-state index in [4.69, 9.17) is 19.1 Å². The van der Waals surface area contributed by atoms with E-state index in [9.17, 15) is 13.2 Å². The fraction of sp³-hybridized carbons (Fsp3) is 0.0476. The molecule has 0 unspecified atom stereocenters. The number of nitrogens with zero attached hydrogens (tertiary/aromatic N) is 3. The normalized spacial score (nSPS) is 10.7. The van der Waals surface area contributed by atoms with Gasteiger partial charge in [0.2, 0.25) is 11.8 Å². The van der Waals surface area contributed by atoms with Crippen molar-refractivity contribution in [2.45, 2.75) is 6.18 Å². The van der Waals surface area contributed by atoms with E-state index in [-0.39, 0.29) is 0 Å². The molecule has 4 rings (SSSR count). The number of rotatable bonds is 4. The van der Waals surface area contributed by atoms with Gasteiger partial charge in [0.15, 0.2) is 0 Å². The van der Waals surface area contributed by atoms with Crippen LogP contribution in [-0.2, 0) is 4.79 Å². The summed E-state index contributed by atoms with van der Waals surface area (Å²) < 4.78 is 43.2. The molecule has 31 heavy (non-hydrogen) atoms. The summed E-state index contributed by atoms with van der Waals surface area (Å²) in [6, 6.07) is 20.9. The van der Waals surface area contributed by atoms with E-state index in [2.05, 4.69) is 15.2 Å². The Kier molecular flexibility index (Phi) is 6.61. The van der Waals surface area contributed by atoms with Crippen LogP contribution in [0.1, 0.15) is 0 Å². The minimum atomic E-state index is -5.08. The van der Waals surface area contributed by atoms with Crippen LogP contribution in [0.15, 0.2) is 83.5 Å². The molecule has 2 heterocycles. The Morgan fingerprint density at radius 3 is 1.97 bits per heavy atom. The Morgan fingerprint density at radius 1 is 0.839 bits per heavy atom. The summed E-state index contributed by atoms with van der Waals surface area (Å²) in [6.07, 6.45) is -1.69. The lowest BCUT2D eigenvalue weighted by molar-refractivity contribution is -0.192. The molecule has 7 nitrogen and oxygen atoms in total. The number of pyridine rings is 1. The molecule has 0 radical (unpaired) electrons. The van der Waals surface area contributed by atoms with Crippen LogP contribution in [0.3, 0.4) is 0 Å². The van der Waals surface area contributed by atoms with Crippen molar-refractivity contribution in [3.05, 3.63) is 79.1 Å². The minimum Gasteiger partial charge on any atom is -0.475 e. The van der Waals surface area contributed by atoms with Gasteiger partial charge in [0.25, 0.3) is 0 Å². The number of alkyl halides is 3. The van der Waals surface area contributed by atoms with Crippen molar-refractivity contribution < 1.29 is 32.2 Å². The first-order valence-electron chi connectivity index (χ1n) is 8.70.